The lowest BCUT2D eigenvalue weighted by Crippen LogP contribution is -2.33. The molecule has 0 aliphatic heterocycles. The van der Waals surface area contributed by atoms with Crippen LogP contribution in [-0.2, 0) is 0 Å². The predicted molar refractivity (Wildman–Crippen MR) is 124 cm³/mol. The Kier molecular flexibility index (Phi) is 6.33. The third-order valence-electron chi connectivity index (χ3n) is 4.47. The topological polar surface area (TPSA) is 54.0 Å². The van der Waals surface area contributed by atoms with Crippen LogP contribution in [0.25, 0.3) is 11.3 Å². The molecule has 0 aliphatic carbocycles. The van der Waals surface area contributed by atoms with E-state index in [1.807, 2.05) is 66.0 Å². The summed E-state index contributed by atoms with van der Waals surface area (Å²) in [5.41, 5.74) is 3.36. The van der Waals surface area contributed by atoms with Gasteiger partial charge in [-0.25, -0.2) is 9.78 Å². The van der Waals surface area contributed by atoms with Gasteiger partial charge in [0.15, 0.2) is 5.13 Å². The van der Waals surface area contributed by atoms with Crippen molar-refractivity contribution in [3.8, 4) is 11.3 Å². The number of aromatic nitrogens is 1. The molecule has 0 saturated carbocycles. The summed E-state index contributed by atoms with van der Waals surface area (Å²) in [5, 5.41) is 9.28. The molecule has 0 aliphatic rings. The summed E-state index contributed by atoms with van der Waals surface area (Å²) in [6.45, 7) is 0. The van der Waals surface area contributed by atoms with Gasteiger partial charge in [0, 0.05) is 16.0 Å². The fourth-order valence-electron chi connectivity index (χ4n) is 3.06. The van der Waals surface area contributed by atoms with Crippen LogP contribution in [-0.4, -0.2) is 11.0 Å². The van der Waals surface area contributed by atoms with Gasteiger partial charge < -0.3 is 5.32 Å². The van der Waals surface area contributed by atoms with Crippen LogP contribution >= 0.6 is 34.5 Å². The van der Waals surface area contributed by atoms with E-state index in [1.165, 1.54) is 11.3 Å². The van der Waals surface area contributed by atoms with Crippen LogP contribution in [0, 0.1) is 0 Å². The van der Waals surface area contributed by atoms with Crippen molar-refractivity contribution in [3.05, 3.63) is 105 Å². The van der Waals surface area contributed by atoms with E-state index in [0.717, 1.165) is 16.7 Å². The number of carbonyl (C=O) groups is 1. The van der Waals surface area contributed by atoms with Crippen molar-refractivity contribution in [2.75, 3.05) is 5.32 Å². The first-order chi connectivity index (χ1) is 14.6. The van der Waals surface area contributed by atoms with E-state index >= 15 is 0 Å². The second kappa shape index (κ2) is 9.30. The van der Waals surface area contributed by atoms with Crippen LogP contribution in [0.2, 0.25) is 10.0 Å². The number of urea groups is 1. The summed E-state index contributed by atoms with van der Waals surface area (Å²) >= 11 is 13.6. The van der Waals surface area contributed by atoms with Crippen LogP contribution in [0.1, 0.15) is 17.2 Å². The van der Waals surface area contributed by atoms with Crippen molar-refractivity contribution in [2.45, 2.75) is 6.04 Å². The van der Waals surface area contributed by atoms with E-state index < -0.39 is 0 Å². The van der Waals surface area contributed by atoms with E-state index in [4.69, 9.17) is 23.2 Å². The molecule has 1 aromatic heterocycles. The molecule has 0 atom stereocenters. The Balaban J connectivity index is 1.52. The zero-order valence-corrected chi connectivity index (χ0v) is 18.0. The zero-order chi connectivity index (χ0) is 20.9. The van der Waals surface area contributed by atoms with E-state index in [1.54, 1.807) is 18.2 Å². The van der Waals surface area contributed by atoms with Crippen molar-refractivity contribution in [1.29, 1.82) is 0 Å². The van der Waals surface area contributed by atoms with E-state index in [-0.39, 0.29) is 12.1 Å². The molecular weight excluding hydrogens is 437 g/mol. The Morgan fingerprint density at radius 2 is 1.53 bits per heavy atom. The molecule has 4 aromatic rings. The first-order valence-electron chi connectivity index (χ1n) is 9.18. The molecule has 1 heterocycles. The molecule has 0 spiro atoms. The Morgan fingerprint density at radius 3 is 2.17 bits per heavy atom. The Morgan fingerprint density at radius 1 is 0.900 bits per heavy atom. The number of hydrogen-bond acceptors (Lipinski definition) is 3. The molecule has 30 heavy (non-hydrogen) atoms. The largest absolute Gasteiger partial charge is 0.327 e. The molecule has 0 saturated heterocycles. The van der Waals surface area contributed by atoms with Gasteiger partial charge in [-0.1, -0.05) is 83.9 Å². The summed E-state index contributed by atoms with van der Waals surface area (Å²) in [4.78, 5) is 17.2. The average molecular weight is 454 g/mol. The number of thiazole rings is 1. The van der Waals surface area contributed by atoms with E-state index in [9.17, 15) is 4.79 Å². The van der Waals surface area contributed by atoms with Crippen molar-refractivity contribution in [1.82, 2.24) is 10.3 Å². The van der Waals surface area contributed by atoms with Gasteiger partial charge in [0.05, 0.1) is 16.8 Å². The van der Waals surface area contributed by atoms with Gasteiger partial charge in [-0.15, -0.1) is 11.3 Å². The summed E-state index contributed by atoms with van der Waals surface area (Å²) < 4.78 is 0. The number of benzene rings is 3. The number of nitrogens with one attached hydrogen (secondary N) is 2. The lowest BCUT2D eigenvalue weighted by atomic mass is 9.99. The van der Waals surface area contributed by atoms with Crippen LogP contribution in [0.3, 0.4) is 0 Å². The highest BCUT2D eigenvalue weighted by Crippen LogP contribution is 2.32. The predicted octanol–water partition coefficient (Wildman–Crippen LogP) is 7.03. The lowest BCUT2D eigenvalue weighted by molar-refractivity contribution is 0.250. The lowest BCUT2D eigenvalue weighted by Gasteiger charge is -2.19. The third-order valence-corrected chi connectivity index (χ3v) is 5.79. The Bertz CT molecular complexity index is 1110. The minimum absolute atomic E-state index is 0.283. The Labute approximate surface area is 188 Å². The first-order valence-corrected chi connectivity index (χ1v) is 10.8. The molecule has 0 unspecified atom stereocenters. The number of nitrogens with zero attached hydrogens (tertiary/aromatic N) is 1. The van der Waals surface area contributed by atoms with Crippen LogP contribution in [0.15, 0.2) is 84.2 Å². The van der Waals surface area contributed by atoms with E-state index in [2.05, 4.69) is 15.6 Å². The fraction of sp³-hybridized carbons (Fsp3) is 0.0435. The Hall–Kier alpha value is -2.86. The van der Waals surface area contributed by atoms with Gasteiger partial charge in [-0.3, -0.25) is 5.32 Å². The quantitative estimate of drug-likeness (QED) is 0.340. The molecule has 2 amide bonds. The number of anilines is 1. The van der Waals surface area contributed by atoms with E-state index in [0.29, 0.717) is 20.9 Å². The standard InChI is InChI=1S/C23H17Cl2N3OS/c24-17-11-12-19(25)18(13-17)20-14-30-23(26-20)28-22(29)27-21(15-7-3-1-4-8-15)16-9-5-2-6-10-16/h1-14,21H,(H2,26,27,28,29). The SMILES string of the molecule is O=C(Nc1nc(-c2cc(Cl)ccc2Cl)cs1)NC(c1ccccc1)c1ccccc1. The maximum absolute atomic E-state index is 12.7. The maximum atomic E-state index is 12.7. The average Bonchev–Trinajstić information content (AvgIpc) is 3.23. The number of carbonyl (C=O) groups excluding carboxylic acids is 1. The van der Waals surface area contributed by atoms with Gasteiger partial charge >= 0.3 is 6.03 Å². The monoisotopic (exact) mass is 453 g/mol. The second-order valence-corrected chi connectivity index (χ2v) is 8.22. The summed E-state index contributed by atoms with van der Waals surface area (Å²) in [5.74, 6) is 0. The molecule has 4 rings (SSSR count). The van der Waals surface area contributed by atoms with Gasteiger partial charge in [0.1, 0.15) is 0 Å². The van der Waals surface area contributed by atoms with Crippen molar-refractivity contribution >= 4 is 45.7 Å². The number of amides is 2. The van der Waals surface area contributed by atoms with Gasteiger partial charge in [0.2, 0.25) is 0 Å². The first kappa shape index (κ1) is 20.4. The number of hydrogen-bond donors (Lipinski definition) is 2. The molecule has 2 N–H and O–H groups in total. The van der Waals surface area contributed by atoms with Crippen LogP contribution < -0.4 is 10.6 Å². The molecule has 0 bridgehead atoms. The fourth-order valence-corrected chi connectivity index (χ4v) is 4.16. The third kappa shape index (κ3) is 4.82. The van der Waals surface area contributed by atoms with Crippen molar-refractivity contribution in [3.63, 3.8) is 0 Å². The minimum atomic E-state index is -0.342. The van der Waals surface area contributed by atoms with Crippen LogP contribution in [0.4, 0.5) is 9.93 Å². The second-order valence-electron chi connectivity index (χ2n) is 6.51. The molecule has 0 fully saturated rings. The highest BCUT2D eigenvalue weighted by molar-refractivity contribution is 7.14. The highest BCUT2D eigenvalue weighted by atomic mass is 35.5. The summed E-state index contributed by atoms with van der Waals surface area (Å²) in [6.07, 6.45) is 0. The molecule has 4 nitrogen and oxygen atoms in total. The number of halogens is 2. The summed E-state index contributed by atoms with van der Waals surface area (Å²) in [6, 6.07) is 24.2. The summed E-state index contributed by atoms with van der Waals surface area (Å²) in [7, 11) is 0. The normalized spacial score (nSPS) is 10.8. The molecule has 0 radical (unpaired) electrons. The van der Waals surface area contributed by atoms with Crippen molar-refractivity contribution < 1.29 is 4.79 Å². The molecule has 3 aromatic carbocycles. The molecule has 7 heteroatoms. The molecule has 150 valence electrons. The van der Waals surface area contributed by atoms with Gasteiger partial charge in [-0.2, -0.15) is 0 Å². The zero-order valence-electron chi connectivity index (χ0n) is 15.7. The van der Waals surface area contributed by atoms with Crippen LogP contribution in [0.5, 0.6) is 0 Å². The highest BCUT2D eigenvalue weighted by Gasteiger charge is 2.18. The minimum Gasteiger partial charge on any atom is -0.327 e. The van der Waals surface area contributed by atoms with Gasteiger partial charge in [0.25, 0.3) is 0 Å². The maximum Gasteiger partial charge on any atom is 0.321 e. The number of rotatable bonds is 5. The smallest absolute Gasteiger partial charge is 0.321 e. The molecular formula is C23H17Cl2N3OS. The van der Waals surface area contributed by atoms with Gasteiger partial charge in [-0.05, 0) is 29.3 Å². The van der Waals surface area contributed by atoms with Crippen molar-refractivity contribution in [2.24, 2.45) is 0 Å².